The van der Waals surface area contributed by atoms with Crippen LogP contribution in [0.5, 0.6) is 0 Å². The van der Waals surface area contributed by atoms with Gasteiger partial charge in [-0.2, -0.15) is 0 Å². The molecule has 0 atom stereocenters. The van der Waals surface area contributed by atoms with Crippen molar-refractivity contribution in [1.29, 1.82) is 0 Å². The highest BCUT2D eigenvalue weighted by Crippen LogP contribution is 2.28. The van der Waals surface area contributed by atoms with Crippen LogP contribution in [0.25, 0.3) is 5.69 Å². The maximum Gasteiger partial charge on any atom is 0.280 e. The summed E-state index contributed by atoms with van der Waals surface area (Å²) in [6.45, 7) is 4.51. The molecule has 0 bridgehead atoms. The Morgan fingerprint density at radius 1 is 0.972 bits per heavy atom. The van der Waals surface area contributed by atoms with E-state index in [1.54, 1.807) is 12.1 Å². The van der Waals surface area contributed by atoms with Gasteiger partial charge in [0.05, 0.1) is 16.2 Å². The van der Waals surface area contributed by atoms with Gasteiger partial charge < -0.3 is 0 Å². The zero-order valence-corrected chi connectivity index (χ0v) is 20.6. The van der Waals surface area contributed by atoms with E-state index in [9.17, 15) is 14.9 Å². The molecule has 36 heavy (non-hydrogen) atoms. The van der Waals surface area contributed by atoms with Gasteiger partial charge in [-0.05, 0) is 43.0 Å². The van der Waals surface area contributed by atoms with Gasteiger partial charge in [0.1, 0.15) is 0 Å². The molecule has 0 aliphatic carbocycles. The van der Waals surface area contributed by atoms with Crippen molar-refractivity contribution in [3.63, 3.8) is 0 Å². The summed E-state index contributed by atoms with van der Waals surface area (Å²) in [5, 5.41) is 14.2. The molecule has 7 nitrogen and oxygen atoms in total. The second-order valence-corrected chi connectivity index (χ2v) is 8.76. The molecule has 4 aromatic rings. The molecule has 0 amide bonds. The molecular formula is C29H30N4O3. The highest BCUT2D eigenvalue weighted by molar-refractivity contribution is 5.99. The monoisotopic (exact) mass is 482 g/mol. The van der Waals surface area contributed by atoms with Crippen molar-refractivity contribution < 1.29 is 4.92 Å². The van der Waals surface area contributed by atoms with Gasteiger partial charge in [0, 0.05) is 36.0 Å². The van der Waals surface area contributed by atoms with Crippen LogP contribution in [-0.2, 0) is 6.42 Å². The molecule has 184 valence electrons. The van der Waals surface area contributed by atoms with Crippen molar-refractivity contribution in [2.75, 3.05) is 6.54 Å². The molecule has 0 fully saturated rings. The van der Waals surface area contributed by atoms with Crippen molar-refractivity contribution in [2.45, 2.75) is 39.0 Å². The second-order valence-electron chi connectivity index (χ2n) is 8.76. The summed E-state index contributed by atoms with van der Waals surface area (Å²) in [6, 6.07) is 26.8. The largest absolute Gasteiger partial charge is 0.294 e. The van der Waals surface area contributed by atoms with Crippen molar-refractivity contribution in [1.82, 2.24) is 9.78 Å². The molecule has 0 unspecified atom stereocenters. The zero-order chi connectivity index (χ0) is 25.5. The quantitative estimate of drug-likeness (QED) is 0.169. The van der Waals surface area contributed by atoms with Crippen LogP contribution in [-0.4, -0.2) is 27.0 Å². The minimum atomic E-state index is -0.454. The lowest BCUT2D eigenvalue weighted by Gasteiger charge is -2.17. The fraction of sp³-hybridized carbons (Fsp3) is 0.241. The highest BCUT2D eigenvalue weighted by Gasteiger charge is 2.19. The standard InChI is InChI=1S/C29H30N4O3/c1-3-10-27-28(29(34)32(31-27)24-15-17-25(18-16-24)33(35)36)21(2)30-20-19-26(22-11-6-4-7-12-22)23-13-8-5-9-14-23/h4-9,11-18,26,31H,3,10,19-20H2,1-2H3. The Labute approximate surface area is 210 Å². The number of aromatic nitrogens is 2. The number of non-ortho nitro benzene ring substituents is 1. The second kappa shape index (κ2) is 11.4. The molecular weight excluding hydrogens is 452 g/mol. The normalized spacial score (nSPS) is 11.7. The molecule has 1 N–H and O–H groups in total. The summed E-state index contributed by atoms with van der Waals surface area (Å²) in [5.74, 6) is 0.210. The van der Waals surface area contributed by atoms with E-state index in [2.05, 4.69) is 60.6 Å². The Balaban J connectivity index is 1.61. The van der Waals surface area contributed by atoms with Crippen LogP contribution in [0.1, 0.15) is 55.0 Å². The van der Waals surface area contributed by atoms with Crippen LogP contribution < -0.4 is 5.56 Å². The first-order valence-corrected chi connectivity index (χ1v) is 12.2. The van der Waals surface area contributed by atoms with E-state index in [1.807, 2.05) is 19.1 Å². The van der Waals surface area contributed by atoms with E-state index in [0.717, 1.165) is 18.5 Å². The summed E-state index contributed by atoms with van der Waals surface area (Å²) in [7, 11) is 0. The van der Waals surface area contributed by atoms with E-state index in [4.69, 9.17) is 4.99 Å². The number of nitro benzene ring substituents is 1. The minimum absolute atomic E-state index is 0.0171. The number of nitrogens with one attached hydrogen (secondary N) is 1. The number of H-pyrrole nitrogens is 1. The summed E-state index contributed by atoms with van der Waals surface area (Å²) < 4.78 is 1.44. The first-order valence-electron chi connectivity index (χ1n) is 12.2. The number of nitrogens with zero attached hydrogens (tertiary/aromatic N) is 3. The van der Waals surface area contributed by atoms with Crippen LogP contribution in [0.15, 0.2) is 94.7 Å². The third-order valence-corrected chi connectivity index (χ3v) is 6.32. The number of rotatable bonds is 10. The van der Waals surface area contributed by atoms with Crippen molar-refractivity contribution in [2.24, 2.45) is 4.99 Å². The van der Waals surface area contributed by atoms with Gasteiger partial charge in [0.15, 0.2) is 0 Å². The summed E-state index contributed by atoms with van der Waals surface area (Å²) in [6.07, 6.45) is 2.38. The third kappa shape index (κ3) is 5.51. The molecule has 0 aliphatic heterocycles. The topological polar surface area (TPSA) is 93.3 Å². The summed E-state index contributed by atoms with van der Waals surface area (Å²) >= 11 is 0. The molecule has 7 heteroatoms. The number of aromatic amines is 1. The fourth-order valence-electron chi connectivity index (χ4n) is 4.53. The van der Waals surface area contributed by atoms with Gasteiger partial charge in [-0.25, -0.2) is 4.68 Å². The third-order valence-electron chi connectivity index (χ3n) is 6.32. The lowest BCUT2D eigenvalue weighted by Crippen LogP contribution is -2.20. The molecule has 0 saturated carbocycles. The average Bonchev–Trinajstić information content (AvgIpc) is 3.23. The summed E-state index contributed by atoms with van der Waals surface area (Å²) in [5.41, 5.74) is 4.91. The van der Waals surface area contributed by atoms with E-state index in [0.29, 0.717) is 29.9 Å². The predicted molar refractivity (Wildman–Crippen MR) is 143 cm³/mol. The molecule has 1 heterocycles. The maximum absolute atomic E-state index is 13.4. The van der Waals surface area contributed by atoms with Gasteiger partial charge in [0.25, 0.3) is 11.2 Å². The van der Waals surface area contributed by atoms with Crippen LogP contribution in [0.4, 0.5) is 5.69 Å². The van der Waals surface area contributed by atoms with Crippen LogP contribution in [0.3, 0.4) is 0 Å². The number of aryl methyl sites for hydroxylation is 1. The molecule has 3 aromatic carbocycles. The number of aliphatic imine (C=N–C) groups is 1. The predicted octanol–water partition coefficient (Wildman–Crippen LogP) is 6.06. The molecule has 0 radical (unpaired) electrons. The Kier molecular flexibility index (Phi) is 7.90. The number of hydrogen-bond acceptors (Lipinski definition) is 4. The fourth-order valence-corrected chi connectivity index (χ4v) is 4.53. The van der Waals surface area contributed by atoms with Gasteiger partial charge in [-0.1, -0.05) is 74.0 Å². The smallest absolute Gasteiger partial charge is 0.280 e. The summed E-state index contributed by atoms with van der Waals surface area (Å²) in [4.78, 5) is 28.7. The maximum atomic E-state index is 13.4. The first kappa shape index (κ1) is 24.9. The van der Waals surface area contributed by atoms with Gasteiger partial charge >= 0.3 is 0 Å². The number of benzene rings is 3. The SMILES string of the molecule is CCCc1[nH]n(-c2ccc([N+](=O)[O-])cc2)c(=O)c1C(C)=NCCC(c1ccccc1)c1ccccc1. The Morgan fingerprint density at radius 2 is 1.56 bits per heavy atom. The molecule has 1 aromatic heterocycles. The van der Waals surface area contributed by atoms with E-state index in [-0.39, 0.29) is 17.2 Å². The Hall–Kier alpha value is -4.26. The average molecular weight is 483 g/mol. The van der Waals surface area contributed by atoms with Crippen LogP contribution in [0, 0.1) is 10.1 Å². The Bertz CT molecular complexity index is 1350. The lowest BCUT2D eigenvalue weighted by atomic mass is 9.88. The van der Waals surface area contributed by atoms with Gasteiger partial charge in [-0.15, -0.1) is 0 Å². The van der Waals surface area contributed by atoms with E-state index < -0.39 is 4.92 Å². The van der Waals surface area contributed by atoms with Crippen molar-refractivity contribution >= 4 is 11.4 Å². The molecule has 0 spiro atoms. The number of hydrogen-bond donors (Lipinski definition) is 1. The molecule has 0 aliphatic rings. The minimum Gasteiger partial charge on any atom is -0.294 e. The first-order chi connectivity index (χ1) is 17.5. The van der Waals surface area contributed by atoms with E-state index >= 15 is 0 Å². The van der Waals surface area contributed by atoms with Gasteiger partial charge in [0.2, 0.25) is 0 Å². The molecule has 0 saturated heterocycles. The van der Waals surface area contributed by atoms with Crippen molar-refractivity contribution in [3.05, 3.63) is 128 Å². The van der Waals surface area contributed by atoms with Crippen LogP contribution in [0.2, 0.25) is 0 Å². The number of nitro groups is 1. The van der Waals surface area contributed by atoms with Crippen LogP contribution >= 0.6 is 0 Å². The highest BCUT2D eigenvalue weighted by atomic mass is 16.6. The van der Waals surface area contributed by atoms with E-state index in [1.165, 1.54) is 27.9 Å². The lowest BCUT2D eigenvalue weighted by molar-refractivity contribution is -0.384. The van der Waals surface area contributed by atoms with Crippen molar-refractivity contribution in [3.8, 4) is 5.69 Å². The Morgan fingerprint density at radius 3 is 2.08 bits per heavy atom. The molecule has 4 rings (SSSR count). The van der Waals surface area contributed by atoms with Gasteiger partial charge in [-0.3, -0.25) is 25.0 Å². The zero-order valence-electron chi connectivity index (χ0n) is 20.6.